The highest BCUT2D eigenvalue weighted by Gasteiger charge is 2.41. The number of allylic oxidation sites excluding steroid dienone is 3. The van der Waals surface area contributed by atoms with E-state index in [1.807, 2.05) is 68.1 Å². The minimum Gasteiger partial charge on any atom is -0.497 e. The molecule has 0 radical (unpaired) electrons. The molecule has 0 saturated heterocycles. The second-order valence-corrected chi connectivity index (χ2v) is 10.8. The molecule has 1 aliphatic heterocycles. The van der Waals surface area contributed by atoms with Crippen molar-refractivity contribution in [1.29, 1.82) is 5.26 Å². The number of hydrogen-bond acceptors (Lipinski definition) is 6. The molecule has 1 unspecified atom stereocenters. The van der Waals surface area contributed by atoms with Gasteiger partial charge in [-0.2, -0.15) is 5.26 Å². The first-order valence-corrected chi connectivity index (χ1v) is 13.7. The van der Waals surface area contributed by atoms with Crippen molar-refractivity contribution in [3.8, 4) is 17.6 Å². The number of Topliss-reactive ketones (excluding diaryl/α,β-unsaturated/α-hetero) is 1. The van der Waals surface area contributed by atoms with Crippen LogP contribution in [-0.2, 0) is 11.4 Å². The number of anilines is 1. The smallest absolute Gasteiger partial charge is 0.161 e. The fourth-order valence-corrected chi connectivity index (χ4v) is 5.83. The first-order chi connectivity index (χ1) is 19.2. The van der Waals surface area contributed by atoms with Crippen LogP contribution in [0, 0.1) is 32.1 Å². The summed E-state index contributed by atoms with van der Waals surface area (Å²) in [5.74, 6) is 1.31. The molecule has 2 N–H and O–H groups in total. The van der Waals surface area contributed by atoms with E-state index in [1.165, 1.54) is 0 Å². The number of carbonyl (C=O) groups excluding carboxylic acids is 1. The lowest BCUT2D eigenvalue weighted by molar-refractivity contribution is -0.116. The van der Waals surface area contributed by atoms with Gasteiger partial charge in [-0.05, 0) is 92.3 Å². The Morgan fingerprint density at radius 3 is 2.45 bits per heavy atom. The molecule has 3 aromatic rings. The van der Waals surface area contributed by atoms with E-state index in [0.717, 1.165) is 57.1 Å². The third kappa shape index (κ3) is 4.94. The van der Waals surface area contributed by atoms with Gasteiger partial charge in [0.1, 0.15) is 23.9 Å². The zero-order valence-electron chi connectivity index (χ0n) is 23.2. The number of nitrogens with two attached hydrogens (primary N) is 1. The lowest BCUT2D eigenvalue weighted by Gasteiger charge is -2.40. The highest BCUT2D eigenvalue weighted by molar-refractivity contribution is 6.31. The molecule has 0 fully saturated rings. The van der Waals surface area contributed by atoms with Crippen LogP contribution in [0.15, 0.2) is 77.3 Å². The Bertz CT molecular complexity index is 1600. The first-order valence-electron chi connectivity index (χ1n) is 13.3. The Hall–Kier alpha value is -4.21. The Morgan fingerprint density at radius 1 is 1.05 bits per heavy atom. The van der Waals surface area contributed by atoms with Crippen LogP contribution in [-0.4, -0.2) is 12.9 Å². The molecule has 5 rings (SSSR count). The van der Waals surface area contributed by atoms with Crippen LogP contribution < -0.4 is 20.1 Å². The summed E-state index contributed by atoms with van der Waals surface area (Å²) in [7, 11) is 1.63. The molecule has 2 aliphatic rings. The fraction of sp³-hybridized carbons (Fsp3) is 0.273. The minimum absolute atomic E-state index is 0.0478. The SMILES string of the molecule is COc1ccc(OCc2cc(C)cc(C3C(C#N)=C(N)N(c4ccc(C)c(Cl)c4)C4=C3C(=O)CCC4)c2C)cc1. The van der Waals surface area contributed by atoms with E-state index in [9.17, 15) is 10.1 Å². The van der Waals surface area contributed by atoms with Gasteiger partial charge in [-0.3, -0.25) is 9.69 Å². The molecule has 0 amide bonds. The normalized spacial score (nSPS) is 17.1. The zero-order chi connectivity index (χ0) is 28.6. The summed E-state index contributed by atoms with van der Waals surface area (Å²) in [5, 5.41) is 11.1. The molecule has 204 valence electrons. The van der Waals surface area contributed by atoms with Crippen LogP contribution in [0.4, 0.5) is 5.69 Å². The van der Waals surface area contributed by atoms with E-state index in [0.29, 0.717) is 41.4 Å². The lowest BCUT2D eigenvalue weighted by Crippen LogP contribution is -2.39. The number of ether oxygens (including phenoxy) is 2. The van der Waals surface area contributed by atoms with E-state index >= 15 is 0 Å². The Labute approximate surface area is 240 Å². The van der Waals surface area contributed by atoms with Gasteiger partial charge in [0, 0.05) is 28.4 Å². The van der Waals surface area contributed by atoms with Gasteiger partial charge in [0.05, 0.1) is 24.7 Å². The van der Waals surface area contributed by atoms with Gasteiger partial charge in [0.15, 0.2) is 5.78 Å². The predicted molar refractivity (Wildman–Crippen MR) is 157 cm³/mol. The number of halogens is 1. The van der Waals surface area contributed by atoms with Crippen LogP contribution >= 0.6 is 11.6 Å². The quantitative estimate of drug-likeness (QED) is 0.348. The highest BCUT2D eigenvalue weighted by Crippen LogP contribution is 2.47. The maximum Gasteiger partial charge on any atom is 0.161 e. The van der Waals surface area contributed by atoms with E-state index in [2.05, 4.69) is 18.2 Å². The third-order valence-electron chi connectivity index (χ3n) is 7.79. The van der Waals surface area contributed by atoms with E-state index in [-0.39, 0.29) is 5.78 Å². The van der Waals surface area contributed by atoms with E-state index in [4.69, 9.17) is 26.8 Å². The lowest BCUT2D eigenvalue weighted by atomic mass is 9.73. The molecule has 7 heteroatoms. The van der Waals surface area contributed by atoms with Crippen LogP contribution in [0.25, 0.3) is 0 Å². The molecule has 0 spiro atoms. The van der Waals surface area contributed by atoms with Gasteiger partial charge >= 0.3 is 0 Å². The average molecular weight is 554 g/mol. The van der Waals surface area contributed by atoms with Gasteiger partial charge in [0.2, 0.25) is 0 Å². The van der Waals surface area contributed by atoms with Gasteiger partial charge in [0.25, 0.3) is 0 Å². The molecule has 40 heavy (non-hydrogen) atoms. The monoisotopic (exact) mass is 553 g/mol. The van der Waals surface area contributed by atoms with Gasteiger partial charge in [-0.15, -0.1) is 0 Å². The fourth-order valence-electron chi connectivity index (χ4n) is 5.66. The number of nitriles is 1. The molecule has 6 nitrogen and oxygen atoms in total. The molecule has 1 heterocycles. The molecule has 0 aromatic heterocycles. The number of benzene rings is 3. The van der Waals surface area contributed by atoms with Crippen molar-refractivity contribution in [2.75, 3.05) is 12.0 Å². The Balaban J connectivity index is 1.61. The molecule has 0 bridgehead atoms. The number of hydrogen-bond donors (Lipinski definition) is 1. The van der Waals surface area contributed by atoms with Gasteiger partial charge in [-0.25, -0.2) is 0 Å². The number of carbonyl (C=O) groups is 1. The second-order valence-electron chi connectivity index (χ2n) is 10.4. The standard InChI is InChI=1S/C33H32ClN3O3/c1-19-14-22(18-40-25-12-10-24(39-4)11-13-25)21(3)26(15-19)31-27(17-35)33(36)37(23-9-8-20(2)28(34)16-23)29-6-5-7-30(38)32(29)31/h8-16,31H,5-7,18,36H2,1-4H3. The van der Waals surface area contributed by atoms with Crippen molar-refractivity contribution in [3.63, 3.8) is 0 Å². The Kier molecular flexibility index (Phi) is 7.60. The van der Waals surface area contributed by atoms with Crippen molar-refractivity contribution in [3.05, 3.63) is 110 Å². The molecular weight excluding hydrogens is 522 g/mol. The zero-order valence-corrected chi connectivity index (χ0v) is 23.9. The predicted octanol–water partition coefficient (Wildman–Crippen LogP) is 7.16. The number of ketones is 1. The summed E-state index contributed by atoms with van der Waals surface area (Å²) in [5.41, 5.74) is 14.2. The summed E-state index contributed by atoms with van der Waals surface area (Å²) in [6.07, 6.45) is 1.85. The van der Waals surface area contributed by atoms with Crippen LogP contribution in [0.1, 0.15) is 53.0 Å². The summed E-state index contributed by atoms with van der Waals surface area (Å²) < 4.78 is 11.4. The van der Waals surface area contributed by atoms with Crippen molar-refractivity contribution in [2.45, 2.75) is 52.6 Å². The molecule has 3 aromatic carbocycles. The molecule has 1 atom stereocenters. The van der Waals surface area contributed by atoms with E-state index in [1.54, 1.807) is 7.11 Å². The minimum atomic E-state index is -0.551. The van der Waals surface area contributed by atoms with Gasteiger partial charge < -0.3 is 15.2 Å². The van der Waals surface area contributed by atoms with E-state index < -0.39 is 5.92 Å². The summed E-state index contributed by atoms with van der Waals surface area (Å²) >= 11 is 6.47. The maximum atomic E-state index is 13.6. The van der Waals surface area contributed by atoms with Crippen LogP contribution in [0.3, 0.4) is 0 Å². The van der Waals surface area contributed by atoms with Crippen LogP contribution in [0.5, 0.6) is 11.5 Å². The van der Waals surface area contributed by atoms with Gasteiger partial charge in [-0.1, -0.05) is 35.4 Å². The first kappa shape index (κ1) is 27.4. The van der Waals surface area contributed by atoms with Crippen molar-refractivity contribution in [2.24, 2.45) is 5.73 Å². The summed E-state index contributed by atoms with van der Waals surface area (Å²) in [6.45, 7) is 6.31. The number of rotatable bonds is 6. The average Bonchev–Trinajstić information content (AvgIpc) is 2.95. The van der Waals surface area contributed by atoms with Crippen molar-refractivity contribution >= 4 is 23.1 Å². The Morgan fingerprint density at radius 2 is 1.77 bits per heavy atom. The largest absolute Gasteiger partial charge is 0.497 e. The molecule has 0 saturated carbocycles. The third-order valence-corrected chi connectivity index (χ3v) is 8.20. The number of aryl methyl sites for hydroxylation is 2. The summed E-state index contributed by atoms with van der Waals surface area (Å²) in [4.78, 5) is 15.5. The summed E-state index contributed by atoms with van der Waals surface area (Å²) in [6, 6.07) is 19.7. The molecular formula is C33H32ClN3O3. The highest BCUT2D eigenvalue weighted by atomic mass is 35.5. The number of nitrogens with zero attached hydrogens (tertiary/aromatic N) is 2. The van der Waals surface area contributed by atoms with Crippen molar-refractivity contribution < 1.29 is 14.3 Å². The van der Waals surface area contributed by atoms with Crippen molar-refractivity contribution in [1.82, 2.24) is 0 Å². The maximum absolute atomic E-state index is 13.6. The second kappa shape index (κ2) is 11.1. The topological polar surface area (TPSA) is 88.6 Å². The molecule has 1 aliphatic carbocycles. The number of methoxy groups -OCH3 is 1. The van der Waals surface area contributed by atoms with Crippen LogP contribution in [0.2, 0.25) is 5.02 Å².